The first-order chi connectivity index (χ1) is 8.84. The molecule has 0 spiro atoms. The first kappa shape index (κ1) is 9.95. The summed E-state index contributed by atoms with van der Waals surface area (Å²) in [5.74, 6) is 0. The minimum Gasteiger partial charge on any atom is -0.383 e. The fraction of sp³-hybridized carbons (Fsp3) is 0.267. The maximum Gasteiger partial charge on any atom is 0.0937 e. The molecule has 4 rings (SSSR count). The monoisotopic (exact) mass is 237 g/mol. The van der Waals surface area contributed by atoms with Crippen molar-refractivity contribution in [1.29, 1.82) is 0 Å². The zero-order chi connectivity index (χ0) is 12.1. The van der Waals surface area contributed by atoms with Crippen molar-refractivity contribution in [3.05, 3.63) is 53.0 Å². The van der Waals surface area contributed by atoms with E-state index in [9.17, 15) is 0 Å². The van der Waals surface area contributed by atoms with Crippen LogP contribution in [0.5, 0.6) is 0 Å². The lowest BCUT2D eigenvalue weighted by atomic mass is 9.93. The van der Waals surface area contributed by atoms with E-state index in [1.807, 2.05) is 12.3 Å². The fourth-order valence-corrected chi connectivity index (χ4v) is 3.15. The Bertz CT molecular complexity index is 610. The predicted molar refractivity (Wildman–Crippen MR) is 72.4 cm³/mol. The van der Waals surface area contributed by atoms with Crippen LogP contribution in [-0.2, 0) is 0 Å². The van der Waals surface area contributed by atoms with Gasteiger partial charge in [0.1, 0.15) is 0 Å². The molecule has 1 aromatic heterocycles. The van der Waals surface area contributed by atoms with Gasteiger partial charge in [0.2, 0.25) is 0 Å². The molecular weight excluding hydrogens is 222 g/mol. The highest BCUT2D eigenvalue weighted by Crippen LogP contribution is 2.39. The summed E-state index contributed by atoms with van der Waals surface area (Å²) in [5, 5.41) is 3.55. The van der Waals surface area contributed by atoms with Crippen molar-refractivity contribution in [2.45, 2.75) is 12.5 Å². The van der Waals surface area contributed by atoms with Gasteiger partial charge in [0.25, 0.3) is 0 Å². The number of likely N-dealkylation sites (N-methyl/N-ethyl adjacent to an activating group) is 1. The van der Waals surface area contributed by atoms with E-state index in [2.05, 4.69) is 46.7 Å². The number of rotatable bonds is 0. The number of nitrogens with zero attached hydrogens (tertiary/aromatic N) is 2. The van der Waals surface area contributed by atoms with Gasteiger partial charge in [0, 0.05) is 37.1 Å². The molecule has 3 heterocycles. The largest absolute Gasteiger partial charge is 0.383 e. The smallest absolute Gasteiger partial charge is 0.0937 e. The van der Waals surface area contributed by atoms with E-state index in [0.717, 1.165) is 18.7 Å². The van der Waals surface area contributed by atoms with Gasteiger partial charge in [-0.2, -0.15) is 0 Å². The standard InChI is InChI=1S/C15H15N3/c1-18-9-11-5-4-10-3-2-7-16-14(10)15-13(11)12(18)6-8-17-15/h2-5,7,9,12,17H,6,8H2,1H3. The summed E-state index contributed by atoms with van der Waals surface area (Å²) < 4.78 is 0. The molecular formula is C15H15N3. The van der Waals surface area contributed by atoms with Crippen molar-refractivity contribution < 1.29 is 0 Å². The maximum atomic E-state index is 4.57. The molecule has 2 aliphatic heterocycles. The third-order valence-electron chi connectivity index (χ3n) is 3.99. The zero-order valence-electron chi connectivity index (χ0n) is 10.4. The second-order valence-corrected chi connectivity index (χ2v) is 5.04. The summed E-state index contributed by atoms with van der Waals surface area (Å²) in [6.07, 6.45) is 9.66. The molecule has 0 radical (unpaired) electrons. The SMILES string of the molecule is CN1C=C2C=Cc3cccnc3C3=C2C1CCN3. The summed E-state index contributed by atoms with van der Waals surface area (Å²) in [6.45, 7) is 1.02. The summed E-state index contributed by atoms with van der Waals surface area (Å²) in [7, 11) is 2.16. The predicted octanol–water partition coefficient (Wildman–Crippen LogP) is 2.01. The van der Waals surface area contributed by atoms with Crippen LogP contribution in [0.2, 0.25) is 0 Å². The molecule has 0 amide bonds. The summed E-state index contributed by atoms with van der Waals surface area (Å²) >= 11 is 0. The lowest BCUT2D eigenvalue weighted by molar-refractivity contribution is 0.366. The zero-order valence-corrected chi connectivity index (χ0v) is 10.4. The Morgan fingerprint density at radius 1 is 1.39 bits per heavy atom. The molecule has 3 aliphatic rings. The van der Waals surface area contributed by atoms with Gasteiger partial charge in [-0.15, -0.1) is 0 Å². The Balaban J connectivity index is 2.01. The second-order valence-electron chi connectivity index (χ2n) is 5.04. The van der Waals surface area contributed by atoms with E-state index in [1.165, 1.54) is 22.4 Å². The van der Waals surface area contributed by atoms with Gasteiger partial charge in [-0.05, 0) is 18.1 Å². The molecule has 0 saturated carbocycles. The molecule has 0 bridgehead atoms. The van der Waals surface area contributed by atoms with Crippen LogP contribution in [0.1, 0.15) is 17.7 Å². The van der Waals surface area contributed by atoms with E-state index in [1.54, 1.807) is 0 Å². The van der Waals surface area contributed by atoms with Gasteiger partial charge < -0.3 is 10.2 Å². The average molecular weight is 237 g/mol. The number of allylic oxidation sites excluding steroid dienone is 1. The van der Waals surface area contributed by atoms with Gasteiger partial charge in [-0.25, -0.2) is 0 Å². The van der Waals surface area contributed by atoms with Crippen LogP contribution in [0.3, 0.4) is 0 Å². The molecule has 1 N–H and O–H groups in total. The highest BCUT2D eigenvalue weighted by Gasteiger charge is 2.34. The Kier molecular flexibility index (Phi) is 1.92. The molecule has 0 aromatic carbocycles. The van der Waals surface area contributed by atoms with Gasteiger partial charge in [-0.1, -0.05) is 18.2 Å². The summed E-state index contributed by atoms with van der Waals surface area (Å²) in [6, 6.07) is 4.63. The molecule has 0 saturated heterocycles. The highest BCUT2D eigenvalue weighted by atomic mass is 15.1. The van der Waals surface area contributed by atoms with Crippen LogP contribution in [0.15, 0.2) is 41.8 Å². The van der Waals surface area contributed by atoms with Crippen LogP contribution >= 0.6 is 0 Å². The van der Waals surface area contributed by atoms with Crippen molar-refractivity contribution in [3.8, 4) is 0 Å². The molecule has 1 aliphatic carbocycles. The minimum absolute atomic E-state index is 0.508. The van der Waals surface area contributed by atoms with Gasteiger partial charge in [0.15, 0.2) is 0 Å². The quantitative estimate of drug-likeness (QED) is 0.748. The first-order valence-electron chi connectivity index (χ1n) is 6.40. The molecule has 1 atom stereocenters. The normalized spacial score (nSPS) is 24.2. The second kappa shape index (κ2) is 3.48. The average Bonchev–Trinajstić information content (AvgIpc) is 2.64. The van der Waals surface area contributed by atoms with Crippen LogP contribution in [-0.4, -0.2) is 29.5 Å². The van der Waals surface area contributed by atoms with Crippen molar-refractivity contribution in [2.24, 2.45) is 0 Å². The highest BCUT2D eigenvalue weighted by molar-refractivity contribution is 5.82. The molecule has 1 aromatic rings. The van der Waals surface area contributed by atoms with Gasteiger partial charge >= 0.3 is 0 Å². The Hall–Kier alpha value is -2.03. The van der Waals surface area contributed by atoms with Crippen molar-refractivity contribution in [1.82, 2.24) is 15.2 Å². The molecule has 3 nitrogen and oxygen atoms in total. The van der Waals surface area contributed by atoms with Crippen molar-refractivity contribution in [3.63, 3.8) is 0 Å². The van der Waals surface area contributed by atoms with Gasteiger partial charge in [-0.3, -0.25) is 4.98 Å². The van der Waals surface area contributed by atoms with Gasteiger partial charge in [0.05, 0.1) is 17.4 Å². The Morgan fingerprint density at radius 3 is 3.28 bits per heavy atom. The Labute approximate surface area is 107 Å². The number of pyridine rings is 1. The molecule has 3 heteroatoms. The number of hydrogen-bond acceptors (Lipinski definition) is 3. The number of aromatic nitrogens is 1. The van der Waals surface area contributed by atoms with Crippen LogP contribution in [0.4, 0.5) is 0 Å². The summed E-state index contributed by atoms with van der Waals surface area (Å²) in [4.78, 5) is 6.89. The summed E-state index contributed by atoms with van der Waals surface area (Å²) in [5.41, 5.74) is 6.25. The molecule has 0 fully saturated rings. The van der Waals surface area contributed by atoms with E-state index in [-0.39, 0.29) is 0 Å². The van der Waals surface area contributed by atoms with E-state index in [0.29, 0.717) is 6.04 Å². The molecule has 1 unspecified atom stereocenters. The number of hydrogen-bond donors (Lipinski definition) is 1. The van der Waals surface area contributed by atoms with Crippen LogP contribution in [0, 0.1) is 0 Å². The fourth-order valence-electron chi connectivity index (χ4n) is 3.15. The maximum absolute atomic E-state index is 4.57. The number of fused-ring (bicyclic) bond motifs is 2. The lowest BCUT2D eigenvalue weighted by Crippen LogP contribution is -2.35. The van der Waals surface area contributed by atoms with Crippen molar-refractivity contribution >= 4 is 11.8 Å². The Morgan fingerprint density at radius 2 is 2.33 bits per heavy atom. The molecule has 90 valence electrons. The van der Waals surface area contributed by atoms with E-state index < -0.39 is 0 Å². The third kappa shape index (κ3) is 1.22. The van der Waals surface area contributed by atoms with Crippen molar-refractivity contribution in [2.75, 3.05) is 13.6 Å². The number of nitrogens with one attached hydrogen (secondary N) is 1. The van der Waals surface area contributed by atoms with E-state index in [4.69, 9.17) is 0 Å². The molecule has 18 heavy (non-hydrogen) atoms. The first-order valence-corrected chi connectivity index (χ1v) is 6.40. The van der Waals surface area contributed by atoms with Crippen LogP contribution in [0.25, 0.3) is 11.8 Å². The minimum atomic E-state index is 0.508. The topological polar surface area (TPSA) is 28.2 Å². The third-order valence-corrected chi connectivity index (χ3v) is 3.99. The van der Waals surface area contributed by atoms with Crippen LogP contribution < -0.4 is 5.32 Å². The van der Waals surface area contributed by atoms with E-state index >= 15 is 0 Å². The lowest BCUT2D eigenvalue weighted by Gasteiger charge is -2.29.